The number of aromatic nitrogens is 2. The summed E-state index contributed by atoms with van der Waals surface area (Å²) >= 11 is 0. The fourth-order valence-electron chi connectivity index (χ4n) is 10.3. The number of fused-ring (bicyclic) bond motifs is 8. The second-order valence-electron chi connectivity index (χ2n) is 16.7. The van der Waals surface area contributed by atoms with E-state index in [1.54, 1.807) is 0 Å². The van der Waals surface area contributed by atoms with Gasteiger partial charge in [-0.3, -0.25) is 4.98 Å². The van der Waals surface area contributed by atoms with Crippen molar-refractivity contribution in [2.45, 2.75) is 47.0 Å². The van der Waals surface area contributed by atoms with Gasteiger partial charge in [0.05, 0.1) is 39.7 Å². The minimum Gasteiger partial charge on any atom is -0.454 e. The van der Waals surface area contributed by atoms with Gasteiger partial charge in [0.25, 0.3) is 0 Å². The van der Waals surface area contributed by atoms with E-state index in [9.17, 15) is 0 Å². The zero-order valence-electron chi connectivity index (χ0n) is 37.1. The van der Waals surface area contributed by atoms with E-state index < -0.39 is 5.41 Å². The van der Waals surface area contributed by atoms with Crippen molar-refractivity contribution in [2.75, 3.05) is 4.90 Å². The molecule has 310 valence electrons. The molecule has 0 N–H and O–H groups in total. The quantitative estimate of drug-likeness (QED) is 0.107. The molecule has 1 aliphatic carbocycles. The fraction of sp³-hybridized carbons (Fsp3) is 0.117. The van der Waals surface area contributed by atoms with Crippen LogP contribution in [0.1, 0.15) is 65.6 Å². The highest BCUT2D eigenvalue weighted by atomic mass is 16.3. The molecule has 3 heterocycles. The Kier molecular flexibility index (Phi) is 10.1. The number of para-hydroxylation sites is 2. The molecule has 0 aliphatic heterocycles. The number of benzene rings is 6. The molecule has 10 rings (SSSR count). The predicted molar refractivity (Wildman–Crippen MR) is 270 cm³/mol. The molecule has 3 aromatic heterocycles. The van der Waals surface area contributed by atoms with Gasteiger partial charge in [0.15, 0.2) is 5.58 Å². The normalized spacial score (nSPS) is 15.0. The lowest BCUT2D eigenvalue weighted by Crippen LogP contribution is -2.29. The molecule has 0 bridgehead atoms. The molecule has 0 radical (unpaired) electrons. The molecule has 0 saturated carbocycles. The highest BCUT2D eigenvalue weighted by Gasteiger charge is 2.49. The predicted octanol–water partition coefficient (Wildman–Crippen LogP) is 15.8. The Labute approximate surface area is 375 Å². The van der Waals surface area contributed by atoms with E-state index in [0.717, 1.165) is 89.2 Å². The van der Waals surface area contributed by atoms with Gasteiger partial charge in [-0.25, -0.2) is 0 Å². The molecule has 0 fully saturated rings. The molecule has 9 aromatic rings. The van der Waals surface area contributed by atoms with Crippen molar-refractivity contribution >= 4 is 62.0 Å². The lowest BCUT2D eigenvalue weighted by Gasteiger charge is -2.35. The van der Waals surface area contributed by atoms with Gasteiger partial charge in [0.2, 0.25) is 0 Å². The summed E-state index contributed by atoms with van der Waals surface area (Å²) in [4.78, 5) is 7.33. The van der Waals surface area contributed by atoms with Crippen molar-refractivity contribution in [3.8, 4) is 29.2 Å². The highest BCUT2D eigenvalue weighted by molar-refractivity contribution is 6.19. The highest BCUT2D eigenvalue weighted by Crippen LogP contribution is 2.62. The lowest BCUT2D eigenvalue weighted by atomic mass is 9.67. The van der Waals surface area contributed by atoms with Crippen LogP contribution in [0.5, 0.6) is 0 Å². The summed E-state index contributed by atoms with van der Waals surface area (Å²) in [6, 6.07) is 48.3. The minimum atomic E-state index is -0.697. The number of hydrogen-bond donors (Lipinski definition) is 0. The molecule has 4 nitrogen and oxygen atoms in total. The van der Waals surface area contributed by atoms with Gasteiger partial charge in [-0.15, -0.1) is 6.42 Å². The van der Waals surface area contributed by atoms with Gasteiger partial charge in [-0.2, -0.15) is 0 Å². The van der Waals surface area contributed by atoms with Crippen LogP contribution in [0.25, 0.3) is 61.7 Å². The topological polar surface area (TPSA) is 34.2 Å². The number of rotatable bonds is 9. The number of furan rings is 1. The third-order valence-corrected chi connectivity index (χ3v) is 13.1. The van der Waals surface area contributed by atoms with Crippen LogP contribution >= 0.6 is 0 Å². The maximum atomic E-state index is 7.25. The summed E-state index contributed by atoms with van der Waals surface area (Å²) in [6.45, 7) is 12.8. The minimum absolute atomic E-state index is 0.697. The van der Waals surface area contributed by atoms with E-state index in [0.29, 0.717) is 0 Å². The lowest BCUT2D eigenvalue weighted by molar-refractivity contribution is 0.601. The average Bonchev–Trinajstić information content (AvgIpc) is 3.95. The largest absolute Gasteiger partial charge is 0.454 e. The number of pyridine rings is 1. The third-order valence-electron chi connectivity index (χ3n) is 13.1. The Bertz CT molecular complexity index is 3440. The van der Waals surface area contributed by atoms with Crippen LogP contribution in [0.3, 0.4) is 0 Å². The first-order chi connectivity index (χ1) is 31.3. The van der Waals surface area contributed by atoms with Crippen LogP contribution in [0.2, 0.25) is 0 Å². The van der Waals surface area contributed by atoms with Gasteiger partial charge >= 0.3 is 0 Å². The maximum Gasteiger partial charge on any atom is 0.159 e. The molecule has 1 atom stereocenters. The zero-order valence-corrected chi connectivity index (χ0v) is 37.1. The molecule has 64 heavy (non-hydrogen) atoms. The first-order valence-corrected chi connectivity index (χ1v) is 22.0. The summed E-state index contributed by atoms with van der Waals surface area (Å²) in [5.74, 6) is 3.61. The van der Waals surface area contributed by atoms with E-state index >= 15 is 0 Å². The van der Waals surface area contributed by atoms with Crippen LogP contribution in [0.15, 0.2) is 180 Å². The molecular formula is C60H49N3O. The van der Waals surface area contributed by atoms with Crippen molar-refractivity contribution in [1.82, 2.24) is 9.55 Å². The Balaban J connectivity index is 1.43. The molecule has 6 aromatic carbocycles. The molecule has 4 heteroatoms. The van der Waals surface area contributed by atoms with E-state index in [1.165, 1.54) is 27.8 Å². The van der Waals surface area contributed by atoms with Gasteiger partial charge in [-0.1, -0.05) is 121 Å². The number of allylic oxidation sites excluding steroid dienone is 6. The molecule has 1 unspecified atom stereocenters. The van der Waals surface area contributed by atoms with Crippen LogP contribution in [0, 0.1) is 33.1 Å². The van der Waals surface area contributed by atoms with Crippen molar-refractivity contribution in [2.24, 2.45) is 0 Å². The first-order valence-electron chi connectivity index (χ1n) is 22.0. The van der Waals surface area contributed by atoms with Crippen LogP contribution in [-0.2, 0) is 5.41 Å². The smallest absolute Gasteiger partial charge is 0.159 e. The SMILES string of the molecule is C#C/C=C\c1c(C)ccc2c1-c1c(cc(N(c3ccc(C)nc3)c3cccc4c3c3ccccc3n4-c3ccccc3)c3oc(/C=C\C)c(C)c13)C2(/C(C)=C/C=C\C)c1ccccc1. The van der Waals surface area contributed by atoms with Crippen LogP contribution < -0.4 is 4.90 Å². The molecular weight excluding hydrogens is 779 g/mol. The molecule has 0 spiro atoms. The maximum absolute atomic E-state index is 7.25. The zero-order chi connectivity index (χ0) is 44.1. The summed E-state index contributed by atoms with van der Waals surface area (Å²) < 4.78 is 9.63. The summed E-state index contributed by atoms with van der Waals surface area (Å²) in [6.07, 6.45) is 22.6. The van der Waals surface area contributed by atoms with Crippen molar-refractivity contribution in [3.63, 3.8) is 0 Å². The molecule has 0 saturated heterocycles. The van der Waals surface area contributed by atoms with Crippen molar-refractivity contribution in [3.05, 3.63) is 220 Å². The monoisotopic (exact) mass is 827 g/mol. The van der Waals surface area contributed by atoms with Gasteiger partial charge in [-0.05, 0) is 147 Å². The Morgan fingerprint density at radius 2 is 1.48 bits per heavy atom. The standard InChI is InChI=1S/C60H49N3O/c1-8-11-23-40(5)60(43-24-15-13-16-25-43)48-36-33-39(4)46(28-12-9-2)56(48)58-49(60)37-53(59-55(58)42(7)54(64-59)22-10-3)63(45-35-34-41(6)61-38-45)52-32-21-31-51-57(52)47-29-19-20-30-50(47)62(51)44-26-17-14-18-27-44/h2,8,10-38H,1,3-7H3/b11-8-,22-10-,28-12-,40-23+. The number of hydrogen-bond acceptors (Lipinski definition) is 3. The van der Waals surface area contributed by atoms with Gasteiger partial charge in [0.1, 0.15) is 5.76 Å². The third kappa shape index (κ3) is 6.03. The van der Waals surface area contributed by atoms with Crippen molar-refractivity contribution in [1.29, 1.82) is 0 Å². The number of terminal acetylenes is 1. The average molecular weight is 828 g/mol. The Morgan fingerprint density at radius 3 is 2.22 bits per heavy atom. The Morgan fingerprint density at radius 1 is 0.734 bits per heavy atom. The van der Waals surface area contributed by atoms with E-state index in [1.807, 2.05) is 26.1 Å². The molecule has 1 aliphatic rings. The number of anilines is 3. The Hall–Kier alpha value is -7.87. The number of nitrogens with zero attached hydrogens (tertiary/aromatic N) is 3. The van der Waals surface area contributed by atoms with Gasteiger partial charge in [0, 0.05) is 33.1 Å². The summed E-state index contributed by atoms with van der Waals surface area (Å²) in [7, 11) is 0. The number of aryl methyl sites for hydroxylation is 3. The van der Waals surface area contributed by atoms with E-state index in [4.69, 9.17) is 15.8 Å². The second-order valence-corrected chi connectivity index (χ2v) is 16.7. The van der Waals surface area contributed by atoms with Crippen LogP contribution in [0.4, 0.5) is 17.1 Å². The summed E-state index contributed by atoms with van der Waals surface area (Å²) in [5.41, 5.74) is 17.7. The van der Waals surface area contributed by atoms with Crippen molar-refractivity contribution < 1.29 is 4.42 Å². The van der Waals surface area contributed by atoms with Crippen LogP contribution in [-0.4, -0.2) is 9.55 Å². The second kappa shape index (κ2) is 16.1. The van der Waals surface area contributed by atoms with Gasteiger partial charge < -0.3 is 13.9 Å². The summed E-state index contributed by atoms with van der Waals surface area (Å²) in [5, 5.41) is 3.36. The molecule has 0 amide bonds. The van der Waals surface area contributed by atoms with E-state index in [2.05, 4.69) is 213 Å². The first kappa shape index (κ1) is 40.2. The fourth-order valence-corrected chi connectivity index (χ4v) is 10.3. The van der Waals surface area contributed by atoms with E-state index in [-0.39, 0.29) is 0 Å².